The highest BCUT2D eigenvalue weighted by atomic mass is 16.5. The Hall–Kier alpha value is -1.02. The van der Waals surface area contributed by atoms with Crippen molar-refractivity contribution in [2.75, 3.05) is 6.61 Å². The Morgan fingerprint density at radius 3 is 2.29 bits per heavy atom. The summed E-state index contributed by atoms with van der Waals surface area (Å²) in [6, 6.07) is 9.88. The first-order chi connectivity index (χ1) is 6.83. The summed E-state index contributed by atoms with van der Waals surface area (Å²) in [5, 5.41) is 0. The summed E-state index contributed by atoms with van der Waals surface area (Å²) >= 11 is 0. The van der Waals surface area contributed by atoms with Crippen LogP contribution < -0.4 is 10.5 Å². The molecule has 2 nitrogen and oxygen atoms in total. The molecule has 0 spiro atoms. The van der Waals surface area contributed by atoms with Crippen molar-refractivity contribution in [2.45, 2.75) is 33.2 Å². The van der Waals surface area contributed by atoms with Crippen LogP contribution in [0.4, 0.5) is 0 Å². The standard InChI is InChI=1S/C10H15NO.C2H6/c1-2-9(11)8-12-10-6-4-3-5-7-10;1-2/h3-7,9H,2,8,11H2,1H3;1-2H3. The molecule has 1 aromatic carbocycles. The summed E-state index contributed by atoms with van der Waals surface area (Å²) in [6.07, 6.45) is 0.951. The number of benzene rings is 1. The molecular formula is C12H21NO. The van der Waals surface area contributed by atoms with Crippen molar-refractivity contribution in [3.63, 3.8) is 0 Å². The van der Waals surface area contributed by atoms with Gasteiger partial charge in [0.05, 0.1) is 0 Å². The molecule has 0 aliphatic carbocycles. The Bertz CT molecular complexity index is 211. The van der Waals surface area contributed by atoms with Crippen molar-refractivity contribution in [3.05, 3.63) is 30.3 Å². The van der Waals surface area contributed by atoms with Crippen molar-refractivity contribution in [1.29, 1.82) is 0 Å². The van der Waals surface area contributed by atoms with Crippen molar-refractivity contribution in [3.8, 4) is 5.75 Å². The Morgan fingerprint density at radius 1 is 1.21 bits per heavy atom. The Kier molecular flexibility index (Phi) is 7.95. The van der Waals surface area contributed by atoms with Crippen LogP contribution >= 0.6 is 0 Å². The first kappa shape index (κ1) is 13.0. The highest BCUT2D eigenvalue weighted by Crippen LogP contribution is 2.08. The van der Waals surface area contributed by atoms with Gasteiger partial charge in [-0.1, -0.05) is 39.0 Å². The Morgan fingerprint density at radius 2 is 1.79 bits per heavy atom. The molecule has 1 unspecified atom stereocenters. The second-order valence-corrected chi connectivity index (χ2v) is 2.79. The molecule has 0 radical (unpaired) electrons. The van der Waals surface area contributed by atoms with Gasteiger partial charge in [0.2, 0.25) is 0 Å². The van der Waals surface area contributed by atoms with Crippen LogP contribution in [0.3, 0.4) is 0 Å². The van der Waals surface area contributed by atoms with Gasteiger partial charge in [0.25, 0.3) is 0 Å². The number of rotatable bonds is 4. The highest BCUT2D eigenvalue weighted by molar-refractivity contribution is 5.20. The molecule has 0 bridgehead atoms. The molecule has 0 fully saturated rings. The molecular weight excluding hydrogens is 174 g/mol. The predicted molar refractivity (Wildman–Crippen MR) is 61.6 cm³/mol. The molecule has 0 aliphatic rings. The highest BCUT2D eigenvalue weighted by Gasteiger charge is 1.98. The Labute approximate surface area is 87.1 Å². The van der Waals surface area contributed by atoms with Gasteiger partial charge in [0, 0.05) is 6.04 Å². The molecule has 2 N–H and O–H groups in total. The van der Waals surface area contributed by atoms with Crippen LogP contribution in [0.5, 0.6) is 5.75 Å². The second kappa shape index (κ2) is 8.57. The van der Waals surface area contributed by atoms with Crippen molar-refractivity contribution in [1.82, 2.24) is 0 Å². The van der Waals surface area contributed by atoms with Gasteiger partial charge in [-0.25, -0.2) is 0 Å². The summed E-state index contributed by atoms with van der Waals surface area (Å²) in [7, 11) is 0. The number of para-hydroxylation sites is 1. The third-order valence-corrected chi connectivity index (χ3v) is 1.73. The van der Waals surface area contributed by atoms with Crippen molar-refractivity contribution in [2.24, 2.45) is 5.73 Å². The van der Waals surface area contributed by atoms with Crippen LogP contribution in [0, 0.1) is 0 Å². The van der Waals surface area contributed by atoms with E-state index in [9.17, 15) is 0 Å². The van der Waals surface area contributed by atoms with E-state index in [-0.39, 0.29) is 6.04 Å². The molecule has 0 saturated carbocycles. The minimum Gasteiger partial charge on any atom is -0.492 e. The fraction of sp³-hybridized carbons (Fsp3) is 0.500. The summed E-state index contributed by atoms with van der Waals surface area (Å²) in [4.78, 5) is 0. The van der Waals surface area contributed by atoms with E-state index < -0.39 is 0 Å². The molecule has 80 valence electrons. The van der Waals surface area contributed by atoms with Gasteiger partial charge in [-0.05, 0) is 18.6 Å². The van der Waals surface area contributed by atoms with Crippen LogP contribution in [0.2, 0.25) is 0 Å². The van der Waals surface area contributed by atoms with E-state index >= 15 is 0 Å². The SMILES string of the molecule is CC.CCC(N)COc1ccccc1. The third-order valence-electron chi connectivity index (χ3n) is 1.73. The zero-order chi connectivity index (χ0) is 10.8. The number of nitrogens with two attached hydrogens (primary N) is 1. The molecule has 0 aliphatic heterocycles. The largest absolute Gasteiger partial charge is 0.492 e. The van der Waals surface area contributed by atoms with E-state index in [0.717, 1.165) is 12.2 Å². The molecule has 0 saturated heterocycles. The number of ether oxygens (including phenoxy) is 1. The van der Waals surface area contributed by atoms with E-state index in [1.165, 1.54) is 0 Å². The monoisotopic (exact) mass is 195 g/mol. The van der Waals surface area contributed by atoms with Crippen LogP contribution in [0.15, 0.2) is 30.3 Å². The van der Waals surface area contributed by atoms with Crippen molar-refractivity contribution < 1.29 is 4.74 Å². The molecule has 1 aromatic rings. The molecule has 1 atom stereocenters. The summed E-state index contributed by atoms with van der Waals surface area (Å²) in [6.45, 7) is 6.65. The Balaban J connectivity index is 0.000000791. The molecule has 14 heavy (non-hydrogen) atoms. The molecule has 0 heterocycles. The maximum atomic E-state index is 5.70. The van der Waals surface area contributed by atoms with Gasteiger partial charge in [-0.2, -0.15) is 0 Å². The average Bonchev–Trinajstić information content (AvgIpc) is 2.30. The lowest BCUT2D eigenvalue weighted by Gasteiger charge is -2.10. The van der Waals surface area contributed by atoms with Crippen LogP contribution in [-0.4, -0.2) is 12.6 Å². The fourth-order valence-corrected chi connectivity index (χ4v) is 0.838. The van der Waals surface area contributed by atoms with E-state index in [4.69, 9.17) is 10.5 Å². The minimum absolute atomic E-state index is 0.144. The number of hydrogen-bond acceptors (Lipinski definition) is 2. The predicted octanol–water partition coefficient (Wildman–Crippen LogP) is 2.83. The quantitative estimate of drug-likeness (QED) is 0.801. The van der Waals surface area contributed by atoms with E-state index in [1.54, 1.807) is 0 Å². The zero-order valence-corrected chi connectivity index (χ0v) is 9.36. The molecule has 1 rings (SSSR count). The lowest BCUT2D eigenvalue weighted by molar-refractivity contribution is 0.285. The summed E-state index contributed by atoms with van der Waals surface area (Å²) < 4.78 is 5.43. The molecule has 2 heteroatoms. The maximum Gasteiger partial charge on any atom is 0.119 e. The van der Waals surface area contributed by atoms with Crippen LogP contribution in [0.1, 0.15) is 27.2 Å². The van der Waals surface area contributed by atoms with E-state index in [0.29, 0.717) is 6.61 Å². The fourth-order valence-electron chi connectivity index (χ4n) is 0.838. The van der Waals surface area contributed by atoms with Gasteiger partial charge in [-0.15, -0.1) is 0 Å². The zero-order valence-electron chi connectivity index (χ0n) is 9.36. The third kappa shape index (κ3) is 5.60. The first-order valence-corrected chi connectivity index (χ1v) is 5.26. The summed E-state index contributed by atoms with van der Waals surface area (Å²) in [5.41, 5.74) is 5.70. The normalized spacial score (nSPS) is 11.1. The van der Waals surface area contributed by atoms with Gasteiger partial charge in [-0.3, -0.25) is 0 Å². The van der Waals surface area contributed by atoms with Gasteiger partial charge >= 0.3 is 0 Å². The van der Waals surface area contributed by atoms with E-state index in [1.807, 2.05) is 44.2 Å². The van der Waals surface area contributed by atoms with Crippen LogP contribution in [-0.2, 0) is 0 Å². The van der Waals surface area contributed by atoms with Gasteiger partial charge < -0.3 is 10.5 Å². The van der Waals surface area contributed by atoms with Gasteiger partial charge in [0.15, 0.2) is 0 Å². The van der Waals surface area contributed by atoms with E-state index in [2.05, 4.69) is 6.92 Å². The number of hydrogen-bond donors (Lipinski definition) is 1. The molecule has 0 amide bonds. The maximum absolute atomic E-state index is 5.70. The topological polar surface area (TPSA) is 35.2 Å². The smallest absolute Gasteiger partial charge is 0.119 e. The molecule has 0 aromatic heterocycles. The van der Waals surface area contributed by atoms with Crippen LogP contribution in [0.25, 0.3) is 0 Å². The second-order valence-electron chi connectivity index (χ2n) is 2.79. The lowest BCUT2D eigenvalue weighted by atomic mass is 10.2. The summed E-state index contributed by atoms with van der Waals surface area (Å²) in [5.74, 6) is 0.890. The first-order valence-electron chi connectivity index (χ1n) is 5.26. The lowest BCUT2D eigenvalue weighted by Crippen LogP contribution is -2.26. The minimum atomic E-state index is 0.144. The van der Waals surface area contributed by atoms with Crippen molar-refractivity contribution >= 4 is 0 Å². The van der Waals surface area contributed by atoms with Gasteiger partial charge in [0.1, 0.15) is 12.4 Å². The average molecular weight is 195 g/mol.